The van der Waals surface area contributed by atoms with E-state index in [0.29, 0.717) is 13.0 Å². The van der Waals surface area contributed by atoms with Gasteiger partial charge in [0.2, 0.25) is 15.9 Å². The molecule has 1 aliphatic rings. The van der Waals surface area contributed by atoms with Crippen molar-refractivity contribution in [3.8, 4) is 0 Å². The molecule has 2 aromatic carbocycles. The third-order valence-corrected chi connectivity index (χ3v) is 7.46. The average Bonchev–Trinajstić information content (AvgIpc) is 3.27. The minimum absolute atomic E-state index is 0.0820. The lowest BCUT2D eigenvalue weighted by atomic mass is 10.3. The molecule has 1 fully saturated rings. The summed E-state index contributed by atoms with van der Waals surface area (Å²) in [7, 11) is -2.08. The molecule has 1 aromatic heterocycles. The van der Waals surface area contributed by atoms with E-state index in [1.54, 1.807) is 36.2 Å². The second-order valence-electron chi connectivity index (χ2n) is 6.48. The summed E-state index contributed by atoms with van der Waals surface area (Å²) >= 11 is 1.50. The van der Waals surface area contributed by atoms with Crippen LogP contribution in [0.5, 0.6) is 0 Å². The van der Waals surface area contributed by atoms with Crippen LogP contribution >= 0.6 is 11.3 Å². The summed E-state index contributed by atoms with van der Waals surface area (Å²) in [5, 5.41) is 0.751. The lowest BCUT2D eigenvalue weighted by Crippen LogP contribution is -2.27. The van der Waals surface area contributed by atoms with Crippen molar-refractivity contribution in [1.82, 2.24) is 9.29 Å². The lowest BCUT2D eigenvalue weighted by molar-refractivity contribution is -0.117. The number of amides is 1. The molecular weight excluding hydrogens is 382 g/mol. The number of carbonyl (C=O) groups excluding carboxylic acids is 1. The first-order valence-corrected chi connectivity index (χ1v) is 10.9. The van der Waals surface area contributed by atoms with Crippen molar-refractivity contribution in [2.75, 3.05) is 18.5 Å². The second-order valence-corrected chi connectivity index (χ2v) is 9.64. The fourth-order valence-corrected chi connectivity index (χ4v) is 5.40. The van der Waals surface area contributed by atoms with E-state index in [2.05, 4.69) is 4.98 Å². The zero-order valence-electron chi connectivity index (χ0n) is 14.8. The van der Waals surface area contributed by atoms with Gasteiger partial charge in [0.05, 0.1) is 21.7 Å². The van der Waals surface area contributed by atoms with Crippen molar-refractivity contribution in [2.45, 2.75) is 24.3 Å². The van der Waals surface area contributed by atoms with E-state index in [1.807, 2.05) is 24.3 Å². The fourth-order valence-electron chi connectivity index (χ4n) is 3.16. The molecule has 4 rings (SSSR count). The summed E-state index contributed by atoms with van der Waals surface area (Å²) < 4.78 is 28.1. The molecule has 0 radical (unpaired) electrons. The Morgan fingerprint density at radius 1 is 1.15 bits per heavy atom. The number of carbonyl (C=O) groups is 1. The molecule has 0 atom stereocenters. The molecule has 1 aliphatic heterocycles. The quantitative estimate of drug-likeness (QED) is 0.658. The van der Waals surface area contributed by atoms with Gasteiger partial charge in [-0.2, -0.15) is 4.31 Å². The van der Waals surface area contributed by atoms with Gasteiger partial charge in [-0.25, -0.2) is 13.4 Å². The number of aromatic nitrogens is 1. The van der Waals surface area contributed by atoms with Crippen LogP contribution in [0.15, 0.2) is 53.4 Å². The Morgan fingerprint density at radius 2 is 1.89 bits per heavy atom. The summed E-state index contributed by atoms with van der Waals surface area (Å²) in [6.07, 6.45) is 1.38. The second kappa shape index (κ2) is 7.03. The molecule has 0 saturated carbocycles. The molecule has 1 amide bonds. The van der Waals surface area contributed by atoms with E-state index in [-0.39, 0.29) is 17.3 Å². The highest BCUT2D eigenvalue weighted by Crippen LogP contribution is 2.26. The predicted molar refractivity (Wildman–Crippen MR) is 106 cm³/mol. The van der Waals surface area contributed by atoms with Crippen LogP contribution in [0.1, 0.15) is 17.8 Å². The van der Waals surface area contributed by atoms with E-state index >= 15 is 0 Å². The maximum absolute atomic E-state index is 12.9. The molecule has 0 unspecified atom stereocenters. The van der Waals surface area contributed by atoms with Gasteiger partial charge in [0.1, 0.15) is 5.01 Å². The average molecular weight is 402 g/mol. The number of sulfonamides is 1. The van der Waals surface area contributed by atoms with Crippen molar-refractivity contribution in [3.05, 3.63) is 53.5 Å². The van der Waals surface area contributed by atoms with Gasteiger partial charge >= 0.3 is 0 Å². The van der Waals surface area contributed by atoms with E-state index in [1.165, 1.54) is 15.6 Å². The molecule has 0 N–H and O–H groups in total. The lowest BCUT2D eigenvalue weighted by Gasteiger charge is -2.18. The number of hydrogen-bond acceptors (Lipinski definition) is 5. The number of para-hydroxylation sites is 1. The standard InChI is InChI=1S/C19H19N3O3S2/c1-21(13-18-20-16-5-2-3-6-17(16)26-18)27(24,25)15-10-8-14(9-11-15)22-12-4-7-19(22)23/h2-3,5-6,8-11H,4,7,12-13H2,1H3. The normalized spacial score (nSPS) is 15.2. The minimum Gasteiger partial charge on any atom is -0.312 e. The summed E-state index contributed by atoms with van der Waals surface area (Å²) in [6.45, 7) is 0.899. The molecule has 0 aliphatic carbocycles. The van der Waals surface area contributed by atoms with E-state index in [4.69, 9.17) is 0 Å². The first-order chi connectivity index (χ1) is 12.9. The number of fused-ring (bicyclic) bond motifs is 1. The van der Waals surface area contributed by atoms with Crippen molar-refractivity contribution < 1.29 is 13.2 Å². The van der Waals surface area contributed by atoms with Crippen LogP contribution in [-0.4, -0.2) is 37.2 Å². The molecule has 2 heterocycles. The van der Waals surface area contributed by atoms with Gasteiger partial charge in [0.25, 0.3) is 0 Å². The van der Waals surface area contributed by atoms with Crippen LogP contribution in [0, 0.1) is 0 Å². The van der Waals surface area contributed by atoms with E-state index in [9.17, 15) is 13.2 Å². The van der Waals surface area contributed by atoms with Crippen LogP contribution in [0.3, 0.4) is 0 Å². The van der Waals surface area contributed by atoms with Crippen LogP contribution in [0.25, 0.3) is 10.2 Å². The number of nitrogens with zero attached hydrogens (tertiary/aromatic N) is 3. The SMILES string of the molecule is CN(Cc1nc2ccccc2s1)S(=O)(=O)c1ccc(N2CCCC2=O)cc1. The zero-order chi connectivity index (χ0) is 19.0. The first kappa shape index (κ1) is 18.1. The highest BCUT2D eigenvalue weighted by atomic mass is 32.2. The molecule has 0 bridgehead atoms. The number of benzene rings is 2. The van der Waals surface area contributed by atoms with Gasteiger partial charge in [-0.3, -0.25) is 4.79 Å². The summed E-state index contributed by atoms with van der Waals surface area (Å²) in [5.74, 6) is 0.0820. The smallest absolute Gasteiger partial charge is 0.243 e. The van der Waals surface area contributed by atoms with Crippen LogP contribution in [-0.2, 0) is 21.4 Å². The number of rotatable bonds is 5. The van der Waals surface area contributed by atoms with Crippen molar-refractivity contribution in [1.29, 1.82) is 0 Å². The summed E-state index contributed by atoms with van der Waals surface area (Å²) in [5.41, 5.74) is 1.62. The Labute approximate surface area is 162 Å². The topological polar surface area (TPSA) is 70.6 Å². The van der Waals surface area contributed by atoms with Gasteiger partial charge in [-0.05, 0) is 42.8 Å². The van der Waals surface area contributed by atoms with Crippen molar-refractivity contribution >= 4 is 43.2 Å². The molecular formula is C19H19N3O3S2. The third-order valence-electron chi connectivity index (χ3n) is 4.63. The van der Waals surface area contributed by atoms with Crippen molar-refractivity contribution in [3.63, 3.8) is 0 Å². The molecule has 140 valence electrons. The third kappa shape index (κ3) is 3.47. The van der Waals surface area contributed by atoms with Gasteiger partial charge in [0, 0.05) is 25.7 Å². The highest BCUT2D eigenvalue weighted by Gasteiger charge is 2.25. The van der Waals surface area contributed by atoms with E-state index < -0.39 is 10.0 Å². The Bertz CT molecular complexity index is 1060. The van der Waals surface area contributed by atoms with Gasteiger partial charge in [-0.15, -0.1) is 11.3 Å². The summed E-state index contributed by atoms with van der Waals surface area (Å²) in [6, 6.07) is 14.3. The molecule has 6 nitrogen and oxygen atoms in total. The first-order valence-electron chi connectivity index (χ1n) is 8.66. The van der Waals surface area contributed by atoms with Crippen molar-refractivity contribution in [2.24, 2.45) is 0 Å². The summed E-state index contributed by atoms with van der Waals surface area (Å²) in [4.78, 5) is 18.2. The maximum atomic E-state index is 12.9. The molecule has 8 heteroatoms. The fraction of sp³-hybridized carbons (Fsp3) is 0.263. The minimum atomic E-state index is -3.63. The number of hydrogen-bond donors (Lipinski definition) is 0. The molecule has 0 spiro atoms. The monoisotopic (exact) mass is 401 g/mol. The van der Waals surface area contributed by atoms with Crippen LogP contribution in [0.4, 0.5) is 5.69 Å². The maximum Gasteiger partial charge on any atom is 0.243 e. The number of thiazole rings is 1. The molecule has 27 heavy (non-hydrogen) atoms. The number of anilines is 1. The van der Waals surface area contributed by atoms with Crippen LogP contribution in [0.2, 0.25) is 0 Å². The van der Waals surface area contributed by atoms with E-state index in [0.717, 1.165) is 27.3 Å². The Hall–Kier alpha value is -2.29. The highest BCUT2D eigenvalue weighted by molar-refractivity contribution is 7.89. The Balaban J connectivity index is 1.53. The van der Waals surface area contributed by atoms with Gasteiger partial charge < -0.3 is 4.90 Å². The van der Waals surface area contributed by atoms with Gasteiger partial charge in [-0.1, -0.05) is 12.1 Å². The molecule has 1 saturated heterocycles. The van der Waals surface area contributed by atoms with Gasteiger partial charge in [0.15, 0.2) is 0 Å². The molecule has 3 aromatic rings. The Kier molecular flexibility index (Phi) is 4.71. The van der Waals surface area contributed by atoms with Crippen LogP contribution < -0.4 is 4.90 Å². The Morgan fingerprint density at radius 3 is 2.56 bits per heavy atom. The largest absolute Gasteiger partial charge is 0.312 e. The predicted octanol–water partition coefficient (Wildman–Crippen LogP) is 3.24. The zero-order valence-corrected chi connectivity index (χ0v) is 16.5.